The molecule has 3 rings (SSSR count). The third-order valence-corrected chi connectivity index (χ3v) is 4.00. The summed E-state index contributed by atoms with van der Waals surface area (Å²) in [6.07, 6.45) is 2.86. The van der Waals surface area contributed by atoms with Crippen molar-refractivity contribution in [3.05, 3.63) is 60.3 Å². The molecule has 0 radical (unpaired) electrons. The van der Waals surface area contributed by atoms with Crippen molar-refractivity contribution in [2.75, 3.05) is 23.7 Å². The van der Waals surface area contributed by atoms with Crippen LogP contribution in [0.3, 0.4) is 0 Å². The van der Waals surface area contributed by atoms with Crippen LogP contribution >= 0.6 is 0 Å². The van der Waals surface area contributed by atoms with Crippen LogP contribution in [0.15, 0.2) is 54.7 Å². The average Bonchev–Trinajstić information content (AvgIpc) is 3.02. The van der Waals surface area contributed by atoms with Crippen molar-refractivity contribution in [3.8, 4) is 0 Å². The van der Waals surface area contributed by atoms with Crippen molar-refractivity contribution in [3.63, 3.8) is 0 Å². The van der Waals surface area contributed by atoms with Crippen LogP contribution in [0.2, 0.25) is 0 Å². The lowest BCUT2D eigenvalue weighted by molar-refractivity contribution is -0.115. The van der Waals surface area contributed by atoms with E-state index in [0.29, 0.717) is 17.9 Å². The molecule has 2 aromatic carbocycles. The highest BCUT2D eigenvalue weighted by atomic mass is 16.2. The summed E-state index contributed by atoms with van der Waals surface area (Å²) in [4.78, 5) is 26.4. The number of H-pyrrole nitrogens is 1. The minimum atomic E-state index is -0.146. The molecule has 3 aromatic rings. The Morgan fingerprint density at radius 2 is 1.77 bits per heavy atom. The number of anilines is 2. The van der Waals surface area contributed by atoms with Gasteiger partial charge in [0.05, 0.1) is 6.54 Å². The van der Waals surface area contributed by atoms with Crippen LogP contribution in [0.25, 0.3) is 10.9 Å². The van der Waals surface area contributed by atoms with Crippen LogP contribution in [0, 0.1) is 0 Å². The van der Waals surface area contributed by atoms with E-state index in [1.54, 1.807) is 24.3 Å². The fraction of sp³-hybridized carbons (Fsp3) is 0.200. The summed E-state index contributed by atoms with van der Waals surface area (Å²) < 4.78 is 0. The topological polar surface area (TPSA) is 86.0 Å². The minimum Gasteiger partial charge on any atom is -0.361 e. The fourth-order valence-corrected chi connectivity index (χ4v) is 2.85. The van der Waals surface area contributed by atoms with E-state index in [1.807, 2.05) is 18.3 Å². The summed E-state index contributed by atoms with van der Waals surface area (Å²) in [6.45, 7) is 2.39. The van der Waals surface area contributed by atoms with Crippen LogP contribution in [0.5, 0.6) is 0 Å². The molecule has 0 aliphatic rings. The van der Waals surface area contributed by atoms with E-state index in [1.165, 1.54) is 17.9 Å². The predicted octanol–water partition coefficient (Wildman–Crippen LogP) is 2.90. The first-order valence-electron chi connectivity index (χ1n) is 8.55. The number of carbonyl (C=O) groups is 2. The highest BCUT2D eigenvalue weighted by molar-refractivity contribution is 5.94. The second kappa shape index (κ2) is 8.31. The third kappa shape index (κ3) is 4.70. The Labute approximate surface area is 152 Å². The molecule has 4 N–H and O–H groups in total. The summed E-state index contributed by atoms with van der Waals surface area (Å²) in [7, 11) is 0. The first-order valence-corrected chi connectivity index (χ1v) is 8.55. The maximum absolute atomic E-state index is 12.1. The lowest BCUT2D eigenvalue weighted by atomic mass is 10.1. The molecular weight excluding hydrogens is 328 g/mol. The molecule has 0 atom stereocenters. The number of hydrogen-bond donors (Lipinski definition) is 4. The fourth-order valence-electron chi connectivity index (χ4n) is 2.85. The van der Waals surface area contributed by atoms with Crippen LogP contribution in [-0.4, -0.2) is 29.9 Å². The van der Waals surface area contributed by atoms with Gasteiger partial charge in [0.25, 0.3) is 0 Å². The number of para-hydroxylation sites is 1. The zero-order chi connectivity index (χ0) is 18.4. The van der Waals surface area contributed by atoms with E-state index >= 15 is 0 Å². The molecule has 6 nitrogen and oxygen atoms in total. The van der Waals surface area contributed by atoms with Crippen LogP contribution in [0.1, 0.15) is 12.5 Å². The molecule has 0 bridgehead atoms. The summed E-state index contributed by atoms with van der Waals surface area (Å²) in [5.41, 5.74) is 3.66. The van der Waals surface area contributed by atoms with Gasteiger partial charge in [-0.15, -0.1) is 0 Å². The van der Waals surface area contributed by atoms with Gasteiger partial charge < -0.3 is 20.9 Å². The zero-order valence-corrected chi connectivity index (χ0v) is 14.6. The van der Waals surface area contributed by atoms with Crippen LogP contribution in [0.4, 0.5) is 11.4 Å². The lowest BCUT2D eigenvalue weighted by Gasteiger charge is -2.08. The Kier molecular flexibility index (Phi) is 5.66. The van der Waals surface area contributed by atoms with Crippen molar-refractivity contribution in [2.45, 2.75) is 13.3 Å². The van der Waals surface area contributed by atoms with Crippen LogP contribution in [-0.2, 0) is 16.0 Å². The van der Waals surface area contributed by atoms with Crippen molar-refractivity contribution in [2.24, 2.45) is 0 Å². The second-order valence-electron chi connectivity index (χ2n) is 6.10. The number of aromatic amines is 1. The highest BCUT2D eigenvalue weighted by Crippen LogP contribution is 2.17. The van der Waals surface area contributed by atoms with E-state index in [2.05, 4.69) is 33.1 Å². The van der Waals surface area contributed by atoms with E-state index in [9.17, 15) is 9.59 Å². The Hall–Kier alpha value is -3.12. The Morgan fingerprint density at radius 3 is 2.58 bits per heavy atom. The molecule has 1 aromatic heterocycles. The summed E-state index contributed by atoms with van der Waals surface area (Å²) in [5.74, 6) is -0.267. The van der Waals surface area contributed by atoms with Gasteiger partial charge in [-0.3, -0.25) is 9.59 Å². The van der Waals surface area contributed by atoms with Crippen molar-refractivity contribution < 1.29 is 9.59 Å². The number of aromatic nitrogens is 1. The number of hydrogen-bond acceptors (Lipinski definition) is 3. The molecular formula is C20H22N4O2. The quantitative estimate of drug-likeness (QED) is 0.494. The molecule has 0 aliphatic carbocycles. The maximum atomic E-state index is 12.1. The van der Waals surface area contributed by atoms with Crippen molar-refractivity contribution >= 4 is 34.1 Å². The molecule has 0 spiro atoms. The van der Waals surface area contributed by atoms with Gasteiger partial charge in [0.1, 0.15) is 0 Å². The first kappa shape index (κ1) is 17.7. The number of fused-ring (bicyclic) bond motifs is 1. The minimum absolute atomic E-state index is 0.121. The molecule has 26 heavy (non-hydrogen) atoms. The normalized spacial score (nSPS) is 10.7. The average molecular weight is 350 g/mol. The lowest BCUT2D eigenvalue weighted by Crippen LogP contribution is -2.29. The summed E-state index contributed by atoms with van der Waals surface area (Å²) in [5, 5.41) is 9.89. The molecule has 0 aliphatic heterocycles. The molecule has 2 amide bonds. The monoisotopic (exact) mass is 350 g/mol. The first-order chi connectivity index (χ1) is 12.6. The molecule has 0 saturated heterocycles. The second-order valence-corrected chi connectivity index (χ2v) is 6.10. The van der Waals surface area contributed by atoms with E-state index in [0.717, 1.165) is 11.9 Å². The SMILES string of the molecule is CC(=O)Nc1cccc(NC(=O)CNCCc2c[nH]c3ccccc23)c1. The van der Waals surface area contributed by atoms with Gasteiger partial charge in [-0.05, 0) is 42.8 Å². The van der Waals surface area contributed by atoms with E-state index < -0.39 is 0 Å². The van der Waals surface area contributed by atoms with Gasteiger partial charge in [0.2, 0.25) is 11.8 Å². The van der Waals surface area contributed by atoms with Gasteiger partial charge in [0.15, 0.2) is 0 Å². The highest BCUT2D eigenvalue weighted by Gasteiger charge is 2.05. The van der Waals surface area contributed by atoms with Gasteiger partial charge >= 0.3 is 0 Å². The van der Waals surface area contributed by atoms with Gasteiger partial charge in [-0.2, -0.15) is 0 Å². The third-order valence-electron chi connectivity index (χ3n) is 4.00. The molecule has 0 unspecified atom stereocenters. The van der Waals surface area contributed by atoms with E-state index in [4.69, 9.17) is 0 Å². The van der Waals surface area contributed by atoms with Crippen molar-refractivity contribution in [1.29, 1.82) is 0 Å². The number of benzene rings is 2. The number of rotatable bonds is 7. The van der Waals surface area contributed by atoms with Gasteiger partial charge in [-0.1, -0.05) is 24.3 Å². The Balaban J connectivity index is 1.45. The largest absolute Gasteiger partial charge is 0.361 e. The number of carbonyl (C=O) groups excluding carboxylic acids is 2. The molecule has 0 fully saturated rings. The summed E-state index contributed by atoms with van der Waals surface area (Å²) >= 11 is 0. The van der Waals surface area contributed by atoms with Gasteiger partial charge in [-0.25, -0.2) is 0 Å². The molecule has 6 heteroatoms. The number of amides is 2. The van der Waals surface area contributed by atoms with Gasteiger partial charge in [0, 0.05) is 35.4 Å². The van der Waals surface area contributed by atoms with E-state index in [-0.39, 0.29) is 18.4 Å². The summed E-state index contributed by atoms with van der Waals surface area (Å²) in [6, 6.07) is 15.2. The van der Waals surface area contributed by atoms with Crippen LogP contribution < -0.4 is 16.0 Å². The molecule has 0 saturated carbocycles. The smallest absolute Gasteiger partial charge is 0.238 e. The molecule has 134 valence electrons. The Bertz CT molecular complexity index is 917. The maximum Gasteiger partial charge on any atom is 0.238 e. The number of nitrogens with one attached hydrogen (secondary N) is 4. The van der Waals surface area contributed by atoms with Crippen molar-refractivity contribution in [1.82, 2.24) is 10.3 Å². The standard InChI is InChI=1S/C20H22N4O2/c1-14(25)23-16-5-4-6-17(11-16)24-20(26)13-21-10-9-15-12-22-19-8-3-2-7-18(15)19/h2-8,11-12,21-22H,9-10,13H2,1H3,(H,23,25)(H,24,26). The molecule has 1 heterocycles. The zero-order valence-electron chi connectivity index (χ0n) is 14.6. The Morgan fingerprint density at radius 1 is 1.00 bits per heavy atom. The predicted molar refractivity (Wildman–Crippen MR) is 104 cm³/mol.